The summed E-state index contributed by atoms with van der Waals surface area (Å²) >= 11 is 0. The Labute approximate surface area is 131 Å². The molecule has 0 bridgehead atoms. The lowest BCUT2D eigenvalue weighted by atomic mass is 9.87. The van der Waals surface area contributed by atoms with E-state index >= 15 is 0 Å². The van der Waals surface area contributed by atoms with E-state index in [4.69, 9.17) is 0 Å². The molecule has 0 aromatic rings. The van der Waals surface area contributed by atoms with Gasteiger partial charge in [0.2, 0.25) is 0 Å². The number of alkyl halides is 11. The molecule has 0 aliphatic carbocycles. The van der Waals surface area contributed by atoms with Gasteiger partial charge in [0.05, 0.1) is 11.8 Å². The molecular formula is C11H8F13N. The summed E-state index contributed by atoms with van der Waals surface area (Å²) in [5.74, 6) is -6.12. The van der Waals surface area contributed by atoms with Crippen LogP contribution in [-0.2, 0) is 0 Å². The molecule has 14 heteroatoms. The molecule has 1 aliphatic rings. The number of piperidine rings is 1. The second-order valence-electron chi connectivity index (χ2n) is 5.29. The number of hydrogen-bond acceptors (Lipinski definition) is 1. The summed E-state index contributed by atoms with van der Waals surface area (Å²) in [6.07, 6.45) is -22.9. The molecule has 25 heavy (non-hydrogen) atoms. The number of rotatable bonds is 2. The molecule has 1 saturated heterocycles. The highest BCUT2D eigenvalue weighted by molar-refractivity contribution is 5.19. The van der Waals surface area contributed by atoms with Crippen molar-refractivity contribution in [2.75, 3.05) is 13.1 Å². The Morgan fingerprint density at radius 3 is 1.28 bits per heavy atom. The quantitative estimate of drug-likeness (QED) is 0.445. The molecule has 2 unspecified atom stereocenters. The fraction of sp³-hybridized carbons (Fsp3) is 0.818. The van der Waals surface area contributed by atoms with Gasteiger partial charge in [0.25, 0.3) is 6.08 Å². The molecule has 1 aliphatic heterocycles. The van der Waals surface area contributed by atoms with Crippen molar-refractivity contribution in [2.24, 2.45) is 11.8 Å². The average molecular weight is 401 g/mol. The van der Waals surface area contributed by atoms with Gasteiger partial charge in [-0.25, -0.2) is 4.90 Å². The van der Waals surface area contributed by atoms with Crippen molar-refractivity contribution < 1.29 is 57.1 Å². The smallest absolute Gasteiger partial charge is 0.239 e. The third kappa shape index (κ3) is 4.91. The molecule has 148 valence electrons. The minimum absolute atomic E-state index is 1.16. The van der Waals surface area contributed by atoms with Gasteiger partial charge in [0.15, 0.2) is 5.57 Å². The van der Waals surface area contributed by atoms with Gasteiger partial charge in [-0.15, -0.1) is 0 Å². The second kappa shape index (κ2) is 6.50. The zero-order valence-electron chi connectivity index (χ0n) is 11.6. The van der Waals surface area contributed by atoms with E-state index in [0.717, 1.165) is 0 Å². The van der Waals surface area contributed by atoms with Crippen LogP contribution in [0.25, 0.3) is 0 Å². The van der Waals surface area contributed by atoms with Crippen LogP contribution < -0.4 is 0 Å². The topological polar surface area (TPSA) is 3.24 Å². The SMILES string of the molecule is FC(F)=C(C(F)(F)F)C(F)(F)N1CC(C(F)(F)F)CC(C(F)(F)F)C1. The highest BCUT2D eigenvalue weighted by Crippen LogP contribution is 2.48. The first kappa shape index (κ1) is 21.8. The maximum absolute atomic E-state index is 13.8. The summed E-state index contributed by atoms with van der Waals surface area (Å²) < 4.78 is 165. The molecule has 1 rings (SSSR count). The maximum atomic E-state index is 13.8. The van der Waals surface area contributed by atoms with Crippen molar-refractivity contribution >= 4 is 0 Å². The van der Waals surface area contributed by atoms with E-state index < -0.39 is 72.5 Å². The third-order valence-electron chi connectivity index (χ3n) is 3.55. The Morgan fingerprint density at radius 1 is 0.680 bits per heavy atom. The van der Waals surface area contributed by atoms with Crippen LogP contribution in [0.1, 0.15) is 6.42 Å². The summed E-state index contributed by atoms with van der Waals surface area (Å²) in [7, 11) is 0. The lowest BCUT2D eigenvalue weighted by Gasteiger charge is -2.42. The van der Waals surface area contributed by atoms with E-state index in [-0.39, 0.29) is 0 Å². The van der Waals surface area contributed by atoms with Gasteiger partial charge in [-0.3, -0.25) is 0 Å². The van der Waals surface area contributed by atoms with Gasteiger partial charge in [-0.2, -0.15) is 57.1 Å². The van der Waals surface area contributed by atoms with Crippen molar-refractivity contribution in [3.05, 3.63) is 11.7 Å². The monoisotopic (exact) mass is 401 g/mol. The normalized spacial score (nSPS) is 24.4. The van der Waals surface area contributed by atoms with Gasteiger partial charge in [0, 0.05) is 13.1 Å². The Morgan fingerprint density at radius 2 is 1.04 bits per heavy atom. The molecule has 1 nitrogen and oxygen atoms in total. The van der Waals surface area contributed by atoms with E-state index in [2.05, 4.69) is 0 Å². The number of likely N-dealkylation sites (tertiary alicyclic amines) is 1. The molecule has 0 radical (unpaired) electrons. The molecule has 0 aromatic heterocycles. The van der Waals surface area contributed by atoms with Crippen LogP contribution >= 0.6 is 0 Å². The van der Waals surface area contributed by atoms with Crippen LogP contribution in [0.4, 0.5) is 57.1 Å². The average Bonchev–Trinajstić information content (AvgIpc) is 2.33. The van der Waals surface area contributed by atoms with Crippen LogP contribution in [0.5, 0.6) is 0 Å². The molecule has 0 amide bonds. The standard InChI is InChI=1S/C11H8F13N/c12-7(13)6(10(20,21)22)11(23,24)25-2-4(8(14,15)16)1-5(3-25)9(17,18)19/h4-5H,1-3H2. The molecule has 0 N–H and O–H groups in total. The molecule has 0 spiro atoms. The van der Waals surface area contributed by atoms with Crippen LogP contribution in [0.3, 0.4) is 0 Å². The predicted octanol–water partition coefficient (Wildman–Crippen LogP) is 5.35. The van der Waals surface area contributed by atoms with Crippen LogP contribution in [-0.4, -0.2) is 42.6 Å². The lowest BCUT2D eigenvalue weighted by Crippen LogP contribution is -2.57. The van der Waals surface area contributed by atoms with Crippen molar-refractivity contribution in [1.29, 1.82) is 0 Å². The minimum atomic E-state index is -6.36. The van der Waals surface area contributed by atoms with Crippen LogP contribution in [0.2, 0.25) is 0 Å². The Balaban J connectivity index is 3.34. The van der Waals surface area contributed by atoms with E-state index in [9.17, 15) is 57.1 Å². The van der Waals surface area contributed by atoms with Crippen LogP contribution in [0.15, 0.2) is 11.7 Å². The zero-order chi connectivity index (χ0) is 20.0. The molecular weight excluding hydrogens is 393 g/mol. The number of nitrogens with zero attached hydrogens (tertiary/aromatic N) is 1. The fourth-order valence-corrected chi connectivity index (χ4v) is 2.35. The van der Waals surface area contributed by atoms with Crippen molar-refractivity contribution in [3.63, 3.8) is 0 Å². The van der Waals surface area contributed by atoms with Gasteiger partial charge < -0.3 is 0 Å². The molecule has 0 saturated carbocycles. The van der Waals surface area contributed by atoms with Gasteiger partial charge in [-0.1, -0.05) is 0 Å². The third-order valence-corrected chi connectivity index (χ3v) is 3.55. The Kier molecular flexibility index (Phi) is 5.68. The predicted molar refractivity (Wildman–Crippen MR) is 55.5 cm³/mol. The van der Waals surface area contributed by atoms with Crippen molar-refractivity contribution in [2.45, 2.75) is 31.0 Å². The first-order chi connectivity index (χ1) is 10.9. The Bertz CT molecular complexity index is 486. The van der Waals surface area contributed by atoms with Gasteiger partial charge in [0.1, 0.15) is 0 Å². The van der Waals surface area contributed by atoms with Crippen LogP contribution in [0, 0.1) is 11.8 Å². The summed E-state index contributed by atoms with van der Waals surface area (Å²) in [6.45, 7) is -3.98. The number of halogens is 13. The summed E-state index contributed by atoms with van der Waals surface area (Å²) in [5, 5.41) is 0. The second-order valence-corrected chi connectivity index (χ2v) is 5.29. The molecule has 1 fully saturated rings. The van der Waals surface area contributed by atoms with Crippen molar-refractivity contribution in [3.8, 4) is 0 Å². The van der Waals surface area contributed by atoms with Crippen molar-refractivity contribution in [1.82, 2.24) is 4.90 Å². The van der Waals surface area contributed by atoms with Gasteiger partial charge >= 0.3 is 24.6 Å². The molecule has 0 aromatic carbocycles. The summed E-state index contributed by atoms with van der Waals surface area (Å²) in [4.78, 5) is -1.16. The number of hydrogen-bond donors (Lipinski definition) is 0. The lowest BCUT2D eigenvalue weighted by molar-refractivity contribution is -0.261. The highest BCUT2D eigenvalue weighted by Gasteiger charge is 2.61. The molecule has 1 heterocycles. The van der Waals surface area contributed by atoms with E-state index in [1.165, 1.54) is 0 Å². The minimum Gasteiger partial charge on any atom is -0.239 e. The first-order valence-corrected chi connectivity index (χ1v) is 6.27. The summed E-state index contributed by atoms with van der Waals surface area (Å²) in [6, 6.07) is -5.77. The maximum Gasteiger partial charge on any atom is 0.425 e. The summed E-state index contributed by atoms with van der Waals surface area (Å²) in [5.41, 5.74) is -3.79. The van der Waals surface area contributed by atoms with Gasteiger partial charge in [-0.05, 0) is 6.42 Å². The fourth-order valence-electron chi connectivity index (χ4n) is 2.35. The highest BCUT2D eigenvalue weighted by atomic mass is 19.4. The Hall–Kier alpha value is -1.21. The molecule has 2 atom stereocenters. The zero-order valence-corrected chi connectivity index (χ0v) is 11.6. The van der Waals surface area contributed by atoms with E-state index in [1.54, 1.807) is 0 Å². The largest absolute Gasteiger partial charge is 0.425 e. The van der Waals surface area contributed by atoms with E-state index in [1.807, 2.05) is 0 Å². The van der Waals surface area contributed by atoms with E-state index in [0.29, 0.717) is 0 Å². The first-order valence-electron chi connectivity index (χ1n) is 6.27.